The lowest BCUT2D eigenvalue weighted by molar-refractivity contribution is -0.118. The highest BCUT2D eigenvalue weighted by atomic mass is 32.2. The van der Waals surface area contributed by atoms with Crippen LogP contribution in [0.5, 0.6) is 5.75 Å². The van der Waals surface area contributed by atoms with Gasteiger partial charge in [-0.3, -0.25) is 4.79 Å². The zero-order valence-electron chi connectivity index (χ0n) is 18.1. The average Bonchev–Trinajstić information content (AvgIpc) is 2.87. The number of rotatable bonds is 8. The molecule has 0 radical (unpaired) electrons. The summed E-state index contributed by atoms with van der Waals surface area (Å²) in [5.74, 6) is 2.03. The SMILES string of the molecule is COc1cccc(N2CCN(c3ccnc(SCC(=O)NCc4ccccc4)n3)CC2)c1. The molecule has 0 spiro atoms. The second-order valence-electron chi connectivity index (χ2n) is 7.42. The maximum Gasteiger partial charge on any atom is 0.230 e. The standard InChI is InChI=1S/C24H27N5O2S/c1-31-21-9-5-8-20(16-21)28-12-14-29(15-13-28)22-10-11-25-24(27-22)32-18-23(30)26-17-19-6-3-2-4-7-19/h2-11,16H,12-15,17-18H2,1H3,(H,26,30). The smallest absolute Gasteiger partial charge is 0.230 e. The molecule has 1 saturated heterocycles. The molecular formula is C24H27N5O2S. The monoisotopic (exact) mass is 449 g/mol. The number of nitrogens with zero attached hydrogens (tertiary/aromatic N) is 4. The van der Waals surface area contributed by atoms with Crippen molar-refractivity contribution in [1.29, 1.82) is 0 Å². The van der Waals surface area contributed by atoms with Gasteiger partial charge in [0.1, 0.15) is 11.6 Å². The zero-order valence-corrected chi connectivity index (χ0v) is 18.9. The molecule has 32 heavy (non-hydrogen) atoms. The number of thioether (sulfide) groups is 1. The Balaban J connectivity index is 1.27. The molecule has 1 aliphatic heterocycles. The van der Waals surface area contributed by atoms with E-state index in [1.165, 1.54) is 17.4 Å². The van der Waals surface area contributed by atoms with E-state index in [9.17, 15) is 4.79 Å². The minimum Gasteiger partial charge on any atom is -0.497 e. The molecule has 2 heterocycles. The van der Waals surface area contributed by atoms with Gasteiger partial charge in [-0.2, -0.15) is 0 Å². The van der Waals surface area contributed by atoms with Crippen LogP contribution in [0.4, 0.5) is 11.5 Å². The maximum atomic E-state index is 12.2. The first kappa shape index (κ1) is 22.0. The van der Waals surface area contributed by atoms with Crippen molar-refractivity contribution in [3.05, 3.63) is 72.4 Å². The highest BCUT2D eigenvalue weighted by Gasteiger charge is 2.19. The van der Waals surface area contributed by atoms with Crippen LogP contribution in [0.1, 0.15) is 5.56 Å². The molecule has 1 aliphatic rings. The van der Waals surface area contributed by atoms with Crippen LogP contribution in [0, 0.1) is 0 Å². The van der Waals surface area contributed by atoms with Gasteiger partial charge in [0.15, 0.2) is 5.16 Å². The molecule has 0 bridgehead atoms. The number of benzene rings is 2. The van der Waals surface area contributed by atoms with Gasteiger partial charge in [-0.25, -0.2) is 9.97 Å². The van der Waals surface area contributed by atoms with Crippen molar-refractivity contribution in [3.63, 3.8) is 0 Å². The number of amides is 1. The van der Waals surface area contributed by atoms with E-state index in [1.54, 1.807) is 13.3 Å². The molecule has 1 N–H and O–H groups in total. The summed E-state index contributed by atoms with van der Waals surface area (Å²) < 4.78 is 5.34. The predicted molar refractivity (Wildman–Crippen MR) is 128 cm³/mol. The van der Waals surface area contributed by atoms with Gasteiger partial charge in [0.2, 0.25) is 5.91 Å². The molecule has 0 aliphatic carbocycles. The zero-order chi connectivity index (χ0) is 22.2. The number of anilines is 2. The number of piperazine rings is 1. The number of aromatic nitrogens is 2. The summed E-state index contributed by atoms with van der Waals surface area (Å²) in [7, 11) is 1.69. The molecule has 8 heteroatoms. The van der Waals surface area contributed by atoms with Crippen LogP contribution in [-0.2, 0) is 11.3 Å². The van der Waals surface area contributed by atoms with E-state index in [4.69, 9.17) is 4.74 Å². The molecule has 2 aromatic carbocycles. The van der Waals surface area contributed by atoms with Gasteiger partial charge in [-0.05, 0) is 23.8 Å². The number of methoxy groups -OCH3 is 1. The van der Waals surface area contributed by atoms with Crippen LogP contribution in [0.3, 0.4) is 0 Å². The fraction of sp³-hybridized carbons (Fsp3) is 0.292. The van der Waals surface area contributed by atoms with E-state index in [0.717, 1.165) is 43.3 Å². The summed E-state index contributed by atoms with van der Waals surface area (Å²) in [6, 6.07) is 20.0. The second-order valence-corrected chi connectivity index (χ2v) is 8.37. The maximum absolute atomic E-state index is 12.2. The second kappa shape index (κ2) is 10.9. The summed E-state index contributed by atoms with van der Waals surface area (Å²) in [5.41, 5.74) is 2.25. The number of carbonyl (C=O) groups excluding carboxylic acids is 1. The minimum atomic E-state index is -0.0280. The lowest BCUT2D eigenvalue weighted by atomic mass is 10.2. The third-order valence-electron chi connectivity index (χ3n) is 5.31. The largest absolute Gasteiger partial charge is 0.497 e. The molecule has 0 unspecified atom stereocenters. The Morgan fingerprint density at radius 1 is 1.03 bits per heavy atom. The third kappa shape index (κ3) is 5.91. The van der Waals surface area contributed by atoms with Crippen LogP contribution in [0.25, 0.3) is 0 Å². The lowest BCUT2D eigenvalue weighted by Crippen LogP contribution is -2.46. The molecule has 7 nitrogen and oxygen atoms in total. The summed E-state index contributed by atoms with van der Waals surface area (Å²) in [4.78, 5) is 25.8. The van der Waals surface area contributed by atoms with Crippen LogP contribution in [-0.4, -0.2) is 54.9 Å². The highest BCUT2D eigenvalue weighted by Crippen LogP contribution is 2.24. The molecule has 4 rings (SSSR count). The number of hydrogen-bond donors (Lipinski definition) is 1. The molecule has 1 fully saturated rings. The molecular weight excluding hydrogens is 422 g/mol. The summed E-state index contributed by atoms with van der Waals surface area (Å²) in [6.07, 6.45) is 1.76. The van der Waals surface area contributed by atoms with E-state index in [-0.39, 0.29) is 5.91 Å². The van der Waals surface area contributed by atoms with Gasteiger partial charge in [-0.15, -0.1) is 0 Å². The van der Waals surface area contributed by atoms with Crippen molar-refractivity contribution < 1.29 is 9.53 Å². The van der Waals surface area contributed by atoms with Crippen molar-refractivity contribution in [2.24, 2.45) is 0 Å². The molecule has 3 aromatic rings. The van der Waals surface area contributed by atoms with E-state index in [1.807, 2.05) is 48.5 Å². The molecule has 1 aromatic heterocycles. The van der Waals surface area contributed by atoms with E-state index < -0.39 is 0 Å². The highest BCUT2D eigenvalue weighted by molar-refractivity contribution is 7.99. The van der Waals surface area contributed by atoms with Crippen LogP contribution < -0.4 is 19.9 Å². The molecule has 0 saturated carbocycles. The molecule has 166 valence electrons. The first-order valence-electron chi connectivity index (χ1n) is 10.6. The van der Waals surface area contributed by atoms with Crippen LogP contribution in [0.2, 0.25) is 0 Å². The quantitative estimate of drug-likeness (QED) is 0.418. The molecule has 1 amide bonds. The Kier molecular flexibility index (Phi) is 7.45. The van der Waals surface area contributed by atoms with Crippen molar-refractivity contribution in [2.75, 3.05) is 48.8 Å². The first-order valence-corrected chi connectivity index (χ1v) is 11.6. The van der Waals surface area contributed by atoms with Crippen molar-refractivity contribution in [1.82, 2.24) is 15.3 Å². The van der Waals surface area contributed by atoms with Gasteiger partial charge in [0.25, 0.3) is 0 Å². The van der Waals surface area contributed by atoms with Gasteiger partial charge >= 0.3 is 0 Å². The van der Waals surface area contributed by atoms with E-state index in [0.29, 0.717) is 17.5 Å². The Bertz CT molecular complexity index is 1030. The Morgan fingerprint density at radius 3 is 2.59 bits per heavy atom. The topological polar surface area (TPSA) is 70.6 Å². The Morgan fingerprint density at radius 2 is 1.81 bits per heavy atom. The average molecular weight is 450 g/mol. The van der Waals surface area contributed by atoms with Crippen LogP contribution >= 0.6 is 11.8 Å². The van der Waals surface area contributed by atoms with Gasteiger partial charge in [0.05, 0.1) is 12.9 Å². The van der Waals surface area contributed by atoms with Gasteiger partial charge in [-0.1, -0.05) is 48.2 Å². The van der Waals surface area contributed by atoms with E-state index >= 15 is 0 Å². The van der Waals surface area contributed by atoms with E-state index in [2.05, 4.69) is 37.2 Å². The number of nitrogens with one attached hydrogen (secondary N) is 1. The number of hydrogen-bond acceptors (Lipinski definition) is 7. The van der Waals surface area contributed by atoms with Gasteiger partial charge < -0.3 is 19.9 Å². The molecule has 0 atom stereocenters. The number of ether oxygens (including phenoxy) is 1. The summed E-state index contributed by atoms with van der Waals surface area (Å²) in [6.45, 7) is 4.08. The predicted octanol–water partition coefficient (Wildman–Crippen LogP) is 3.22. The fourth-order valence-electron chi connectivity index (χ4n) is 3.56. The Hall–Kier alpha value is -3.26. The van der Waals surface area contributed by atoms with Crippen LogP contribution in [0.15, 0.2) is 72.0 Å². The number of carbonyl (C=O) groups is 1. The Labute approximate surface area is 192 Å². The van der Waals surface area contributed by atoms with Gasteiger partial charge in [0, 0.05) is 50.7 Å². The third-order valence-corrected chi connectivity index (χ3v) is 6.17. The van der Waals surface area contributed by atoms with Crippen molar-refractivity contribution >= 4 is 29.2 Å². The van der Waals surface area contributed by atoms with Crippen molar-refractivity contribution in [3.8, 4) is 5.75 Å². The summed E-state index contributed by atoms with van der Waals surface area (Å²) in [5, 5.41) is 3.55. The minimum absolute atomic E-state index is 0.0280. The normalized spacial score (nSPS) is 13.7. The first-order chi connectivity index (χ1) is 15.7. The fourth-order valence-corrected chi connectivity index (χ4v) is 4.21. The summed E-state index contributed by atoms with van der Waals surface area (Å²) >= 11 is 1.36. The van der Waals surface area contributed by atoms with Crippen molar-refractivity contribution in [2.45, 2.75) is 11.7 Å². The lowest BCUT2D eigenvalue weighted by Gasteiger charge is -2.36.